The zero-order chi connectivity index (χ0) is 10.7. The topological polar surface area (TPSA) is 24.5 Å². The molecule has 2 rings (SSSR count). The average molecular weight is 212 g/mol. The van der Waals surface area contributed by atoms with Gasteiger partial charge in [0.1, 0.15) is 0 Å². The van der Waals surface area contributed by atoms with Gasteiger partial charge in [-0.05, 0) is 52.2 Å². The number of nitrogens with zero attached hydrogens (tertiary/aromatic N) is 1. The number of piperidine rings is 1. The molecule has 15 heavy (non-hydrogen) atoms. The second-order valence-corrected chi connectivity index (χ2v) is 5.11. The van der Waals surface area contributed by atoms with Crippen LogP contribution in [0, 0.1) is 0 Å². The summed E-state index contributed by atoms with van der Waals surface area (Å²) < 4.78 is 5.40. The molecule has 1 N–H and O–H groups in total. The molecular formula is C12H24N2O. The Morgan fingerprint density at radius 2 is 1.80 bits per heavy atom. The van der Waals surface area contributed by atoms with Gasteiger partial charge in [0.25, 0.3) is 0 Å². The molecular weight excluding hydrogens is 188 g/mol. The largest absolute Gasteiger partial charge is 0.381 e. The van der Waals surface area contributed by atoms with Crippen molar-refractivity contribution in [3.63, 3.8) is 0 Å². The molecule has 2 fully saturated rings. The lowest BCUT2D eigenvalue weighted by atomic mass is 10.0. The zero-order valence-electron chi connectivity index (χ0n) is 10.0. The summed E-state index contributed by atoms with van der Waals surface area (Å²) in [5.74, 6) is 0. The fourth-order valence-corrected chi connectivity index (χ4v) is 2.81. The van der Waals surface area contributed by atoms with Gasteiger partial charge in [0, 0.05) is 19.2 Å². The van der Waals surface area contributed by atoms with Crippen LogP contribution in [0.3, 0.4) is 0 Å². The summed E-state index contributed by atoms with van der Waals surface area (Å²) in [4.78, 5) is 2.42. The van der Waals surface area contributed by atoms with Crippen LogP contribution in [0.5, 0.6) is 0 Å². The maximum atomic E-state index is 5.40. The standard InChI is InChI=1S/C12H24N2O/c1-14-7-5-10(6-8-14)13-11-3-4-12(9-11)15-2/h10-13H,3-9H2,1-2H3. The van der Waals surface area contributed by atoms with E-state index in [1.807, 2.05) is 7.11 Å². The van der Waals surface area contributed by atoms with Crippen molar-refractivity contribution in [3.05, 3.63) is 0 Å². The van der Waals surface area contributed by atoms with Crippen molar-refractivity contribution in [1.29, 1.82) is 0 Å². The molecule has 2 unspecified atom stereocenters. The lowest BCUT2D eigenvalue weighted by molar-refractivity contribution is 0.106. The second kappa shape index (κ2) is 5.28. The molecule has 0 amide bonds. The van der Waals surface area contributed by atoms with E-state index in [9.17, 15) is 0 Å². The Hall–Kier alpha value is -0.120. The number of ether oxygens (including phenoxy) is 1. The first-order chi connectivity index (χ1) is 7.28. The maximum Gasteiger partial charge on any atom is 0.0586 e. The summed E-state index contributed by atoms with van der Waals surface area (Å²) in [6, 6.07) is 1.46. The Morgan fingerprint density at radius 1 is 1.07 bits per heavy atom. The van der Waals surface area contributed by atoms with Gasteiger partial charge in [0.05, 0.1) is 6.10 Å². The highest BCUT2D eigenvalue weighted by Crippen LogP contribution is 2.23. The number of rotatable bonds is 3. The Kier molecular flexibility index (Phi) is 4.00. The van der Waals surface area contributed by atoms with Crippen LogP contribution in [0.15, 0.2) is 0 Å². The van der Waals surface area contributed by atoms with Crippen LogP contribution in [0.25, 0.3) is 0 Å². The van der Waals surface area contributed by atoms with E-state index < -0.39 is 0 Å². The molecule has 1 aliphatic carbocycles. The summed E-state index contributed by atoms with van der Waals surface area (Å²) >= 11 is 0. The molecule has 0 bridgehead atoms. The highest BCUT2D eigenvalue weighted by molar-refractivity contribution is 4.85. The molecule has 2 atom stereocenters. The van der Waals surface area contributed by atoms with Crippen LogP contribution in [0.4, 0.5) is 0 Å². The Morgan fingerprint density at radius 3 is 2.40 bits per heavy atom. The monoisotopic (exact) mass is 212 g/mol. The number of hydrogen-bond donors (Lipinski definition) is 1. The molecule has 88 valence electrons. The lowest BCUT2D eigenvalue weighted by Crippen LogP contribution is -2.44. The van der Waals surface area contributed by atoms with E-state index >= 15 is 0 Å². The van der Waals surface area contributed by atoms with E-state index in [4.69, 9.17) is 4.74 Å². The Bertz CT molecular complexity index is 190. The molecule has 0 aromatic heterocycles. The summed E-state index contributed by atoms with van der Waals surface area (Å²) in [5, 5.41) is 3.80. The van der Waals surface area contributed by atoms with Gasteiger partial charge in [-0.1, -0.05) is 0 Å². The normalized spacial score (nSPS) is 34.8. The summed E-state index contributed by atoms with van der Waals surface area (Å²) in [5.41, 5.74) is 0. The molecule has 1 saturated carbocycles. The Labute approximate surface area is 93.2 Å². The van der Waals surface area contributed by atoms with E-state index in [-0.39, 0.29) is 0 Å². The van der Waals surface area contributed by atoms with E-state index in [0.717, 1.165) is 6.04 Å². The molecule has 1 saturated heterocycles. The maximum absolute atomic E-state index is 5.40. The van der Waals surface area contributed by atoms with Crippen LogP contribution in [-0.2, 0) is 4.74 Å². The van der Waals surface area contributed by atoms with Gasteiger partial charge < -0.3 is 15.0 Å². The third-order valence-corrected chi connectivity index (χ3v) is 3.91. The van der Waals surface area contributed by atoms with Crippen LogP contribution in [0.2, 0.25) is 0 Å². The molecule has 3 nitrogen and oxygen atoms in total. The van der Waals surface area contributed by atoms with Gasteiger partial charge >= 0.3 is 0 Å². The van der Waals surface area contributed by atoms with Gasteiger partial charge in [-0.15, -0.1) is 0 Å². The lowest BCUT2D eigenvalue weighted by Gasteiger charge is -2.31. The van der Waals surface area contributed by atoms with Crippen molar-refractivity contribution in [2.45, 2.75) is 50.3 Å². The van der Waals surface area contributed by atoms with Crippen molar-refractivity contribution in [1.82, 2.24) is 10.2 Å². The van der Waals surface area contributed by atoms with E-state index in [1.54, 1.807) is 0 Å². The molecule has 3 heteroatoms. The fourth-order valence-electron chi connectivity index (χ4n) is 2.81. The van der Waals surface area contributed by atoms with Gasteiger partial charge in [-0.3, -0.25) is 0 Å². The molecule has 1 aliphatic heterocycles. The summed E-state index contributed by atoms with van der Waals surface area (Å²) in [6.45, 7) is 2.50. The van der Waals surface area contributed by atoms with Gasteiger partial charge in [-0.2, -0.15) is 0 Å². The number of nitrogens with one attached hydrogen (secondary N) is 1. The van der Waals surface area contributed by atoms with Gasteiger partial charge in [0.15, 0.2) is 0 Å². The molecule has 0 aromatic carbocycles. The second-order valence-electron chi connectivity index (χ2n) is 5.11. The SMILES string of the molecule is COC1CCC(NC2CCN(C)CC2)C1. The summed E-state index contributed by atoms with van der Waals surface area (Å²) in [7, 11) is 4.05. The number of methoxy groups -OCH3 is 1. The van der Waals surface area contributed by atoms with Crippen LogP contribution >= 0.6 is 0 Å². The highest BCUT2D eigenvalue weighted by Gasteiger charge is 2.27. The smallest absolute Gasteiger partial charge is 0.0586 e. The molecule has 2 aliphatic rings. The molecule has 0 spiro atoms. The van der Waals surface area contributed by atoms with E-state index in [1.165, 1.54) is 45.2 Å². The van der Waals surface area contributed by atoms with Crippen molar-refractivity contribution in [2.75, 3.05) is 27.2 Å². The van der Waals surface area contributed by atoms with Crippen molar-refractivity contribution >= 4 is 0 Å². The average Bonchev–Trinajstić information content (AvgIpc) is 2.69. The third kappa shape index (κ3) is 3.16. The van der Waals surface area contributed by atoms with Crippen LogP contribution < -0.4 is 5.32 Å². The molecule has 0 aromatic rings. The van der Waals surface area contributed by atoms with E-state index in [2.05, 4.69) is 17.3 Å². The molecule has 1 heterocycles. The first-order valence-electron chi connectivity index (χ1n) is 6.25. The number of hydrogen-bond acceptors (Lipinski definition) is 3. The minimum Gasteiger partial charge on any atom is -0.381 e. The minimum absolute atomic E-state index is 0.508. The first-order valence-corrected chi connectivity index (χ1v) is 6.25. The van der Waals surface area contributed by atoms with Gasteiger partial charge in [-0.25, -0.2) is 0 Å². The minimum atomic E-state index is 0.508. The van der Waals surface area contributed by atoms with Gasteiger partial charge in [0.2, 0.25) is 0 Å². The number of likely N-dealkylation sites (tertiary alicyclic amines) is 1. The van der Waals surface area contributed by atoms with Crippen LogP contribution in [0.1, 0.15) is 32.1 Å². The predicted molar refractivity (Wildman–Crippen MR) is 62.1 cm³/mol. The highest BCUT2D eigenvalue weighted by atomic mass is 16.5. The summed E-state index contributed by atoms with van der Waals surface area (Å²) in [6.07, 6.45) is 6.87. The predicted octanol–water partition coefficient (Wildman–Crippen LogP) is 1.24. The van der Waals surface area contributed by atoms with Crippen molar-refractivity contribution in [2.24, 2.45) is 0 Å². The third-order valence-electron chi connectivity index (χ3n) is 3.91. The van der Waals surface area contributed by atoms with Crippen LogP contribution in [-0.4, -0.2) is 50.3 Å². The first kappa shape index (κ1) is 11.4. The van der Waals surface area contributed by atoms with Crippen molar-refractivity contribution in [3.8, 4) is 0 Å². The zero-order valence-corrected chi connectivity index (χ0v) is 10.0. The van der Waals surface area contributed by atoms with Crippen molar-refractivity contribution < 1.29 is 4.74 Å². The van der Waals surface area contributed by atoms with E-state index in [0.29, 0.717) is 12.1 Å². The quantitative estimate of drug-likeness (QED) is 0.762. The fraction of sp³-hybridized carbons (Fsp3) is 1.00. The molecule has 0 radical (unpaired) electrons. The Balaban J connectivity index is 1.69.